The molecule has 2 aromatic heterocycles. The Morgan fingerprint density at radius 3 is 2.95 bits per heavy atom. The van der Waals surface area contributed by atoms with Crippen LogP contribution in [0.15, 0.2) is 18.3 Å². The van der Waals surface area contributed by atoms with Crippen LogP contribution in [0.25, 0.3) is 10.2 Å². The van der Waals surface area contributed by atoms with Crippen molar-refractivity contribution in [3.8, 4) is 0 Å². The van der Waals surface area contributed by atoms with Gasteiger partial charge < -0.3 is 10.6 Å². The number of amides is 1. The predicted molar refractivity (Wildman–Crippen MR) is 78.4 cm³/mol. The molecular formula is C14H17N3OS. The molecular weight excluding hydrogens is 258 g/mol. The highest BCUT2D eigenvalue weighted by atomic mass is 32.1. The van der Waals surface area contributed by atoms with Crippen molar-refractivity contribution in [3.63, 3.8) is 0 Å². The van der Waals surface area contributed by atoms with E-state index in [0.29, 0.717) is 10.6 Å². The maximum atomic E-state index is 12.7. The maximum absolute atomic E-state index is 12.7. The summed E-state index contributed by atoms with van der Waals surface area (Å²) in [6, 6.07) is 3.82. The quantitative estimate of drug-likeness (QED) is 0.870. The van der Waals surface area contributed by atoms with Gasteiger partial charge in [-0.3, -0.25) is 9.78 Å². The van der Waals surface area contributed by atoms with E-state index in [2.05, 4.69) is 18.8 Å². The summed E-state index contributed by atoms with van der Waals surface area (Å²) in [5.74, 6) is 0.0444. The van der Waals surface area contributed by atoms with Crippen LogP contribution in [0.5, 0.6) is 0 Å². The van der Waals surface area contributed by atoms with Crippen molar-refractivity contribution in [3.05, 3.63) is 23.2 Å². The van der Waals surface area contributed by atoms with Gasteiger partial charge in [-0.25, -0.2) is 0 Å². The summed E-state index contributed by atoms with van der Waals surface area (Å²) in [5.41, 5.74) is 7.29. The van der Waals surface area contributed by atoms with Gasteiger partial charge in [-0.1, -0.05) is 0 Å². The average Bonchev–Trinajstić information content (AvgIpc) is 2.90. The van der Waals surface area contributed by atoms with Gasteiger partial charge >= 0.3 is 0 Å². The van der Waals surface area contributed by atoms with E-state index in [9.17, 15) is 4.79 Å². The van der Waals surface area contributed by atoms with E-state index < -0.39 is 0 Å². The smallest absolute Gasteiger partial charge is 0.266 e. The predicted octanol–water partition coefficient (Wildman–Crippen LogP) is 2.89. The van der Waals surface area contributed by atoms with Crippen molar-refractivity contribution >= 4 is 33.1 Å². The SMILES string of the molecule is CC1(C)CCCN1C(=O)c1sc2cccnc2c1N. The number of nitrogens with zero attached hydrogens (tertiary/aromatic N) is 2. The number of carbonyl (C=O) groups excluding carboxylic acids is 1. The second-order valence-corrected chi connectivity index (χ2v) is 6.62. The van der Waals surface area contributed by atoms with E-state index in [1.807, 2.05) is 17.0 Å². The standard InChI is InChI=1S/C14H17N3OS/c1-14(2)6-4-8-17(14)13(18)12-10(15)11-9(19-12)5-3-7-16-11/h3,5,7H,4,6,8,15H2,1-2H3. The second-order valence-electron chi connectivity index (χ2n) is 5.57. The molecule has 0 atom stereocenters. The van der Waals surface area contributed by atoms with E-state index in [4.69, 9.17) is 5.73 Å². The molecule has 2 N–H and O–H groups in total. The van der Waals surface area contributed by atoms with Gasteiger partial charge in [-0.2, -0.15) is 0 Å². The number of fused-ring (bicyclic) bond motifs is 1. The number of pyridine rings is 1. The number of rotatable bonds is 1. The number of likely N-dealkylation sites (tertiary alicyclic amines) is 1. The molecule has 2 aromatic rings. The second kappa shape index (κ2) is 4.20. The zero-order valence-electron chi connectivity index (χ0n) is 11.1. The molecule has 1 amide bonds. The molecule has 3 rings (SSSR count). The average molecular weight is 275 g/mol. The molecule has 0 bridgehead atoms. The summed E-state index contributed by atoms with van der Waals surface area (Å²) in [5, 5.41) is 0. The van der Waals surface area contributed by atoms with Crippen LogP contribution in [-0.4, -0.2) is 27.9 Å². The summed E-state index contributed by atoms with van der Waals surface area (Å²) < 4.78 is 0.973. The van der Waals surface area contributed by atoms with Gasteiger partial charge in [0.2, 0.25) is 0 Å². The lowest BCUT2D eigenvalue weighted by atomic mass is 10.0. The van der Waals surface area contributed by atoms with Crippen molar-refractivity contribution in [2.24, 2.45) is 0 Å². The van der Waals surface area contributed by atoms with Gasteiger partial charge in [0.1, 0.15) is 10.4 Å². The van der Waals surface area contributed by atoms with Gasteiger partial charge in [0.25, 0.3) is 5.91 Å². The minimum atomic E-state index is -0.0763. The van der Waals surface area contributed by atoms with E-state index in [1.165, 1.54) is 11.3 Å². The first-order valence-electron chi connectivity index (χ1n) is 6.46. The topological polar surface area (TPSA) is 59.2 Å². The van der Waals surface area contributed by atoms with Crippen molar-refractivity contribution < 1.29 is 4.79 Å². The molecule has 4 nitrogen and oxygen atoms in total. The largest absolute Gasteiger partial charge is 0.396 e. The Morgan fingerprint density at radius 1 is 1.53 bits per heavy atom. The number of thiophene rings is 1. The molecule has 0 unspecified atom stereocenters. The Bertz CT molecular complexity index is 647. The molecule has 100 valence electrons. The van der Waals surface area contributed by atoms with Crippen LogP contribution in [0.3, 0.4) is 0 Å². The number of hydrogen-bond donors (Lipinski definition) is 1. The fraction of sp³-hybridized carbons (Fsp3) is 0.429. The lowest BCUT2D eigenvalue weighted by Crippen LogP contribution is -2.42. The van der Waals surface area contributed by atoms with Crippen LogP contribution in [-0.2, 0) is 0 Å². The highest BCUT2D eigenvalue weighted by Crippen LogP contribution is 2.36. The molecule has 0 aliphatic carbocycles. The molecule has 5 heteroatoms. The Balaban J connectivity index is 2.05. The number of nitrogen functional groups attached to an aromatic ring is 1. The molecule has 1 aliphatic heterocycles. The van der Waals surface area contributed by atoms with Crippen LogP contribution in [0, 0.1) is 0 Å². The van der Waals surface area contributed by atoms with E-state index in [1.54, 1.807) is 6.20 Å². The van der Waals surface area contributed by atoms with Crippen LogP contribution in [0.1, 0.15) is 36.4 Å². The van der Waals surface area contributed by atoms with E-state index >= 15 is 0 Å². The number of aromatic nitrogens is 1. The third kappa shape index (κ3) is 1.89. The van der Waals surface area contributed by atoms with Crippen LogP contribution in [0.2, 0.25) is 0 Å². The number of nitrogens with two attached hydrogens (primary N) is 1. The van der Waals surface area contributed by atoms with Gasteiger partial charge in [0.15, 0.2) is 0 Å². The fourth-order valence-corrected chi connectivity index (χ4v) is 3.74. The normalized spacial score (nSPS) is 18.1. The third-order valence-corrected chi connectivity index (χ3v) is 4.97. The zero-order chi connectivity index (χ0) is 13.6. The molecule has 1 fully saturated rings. The Morgan fingerprint density at radius 2 is 2.32 bits per heavy atom. The van der Waals surface area contributed by atoms with Crippen molar-refractivity contribution in [2.75, 3.05) is 12.3 Å². The Hall–Kier alpha value is -1.62. The van der Waals surface area contributed by atoms with Crippen LogP contribution in [0.4, 0.5) is 5.69 Å². The maximum Gasteiger partial charge on any atom is 0.266 e. The summed E-state index contributed by atoms with van der Waals surface area (Å²) in [6.07, 6.45) is 3.81. The number of hydrogen-bond acceptors (Lipinski definition) is 4. The highest BCUT2D eigenvalue weighted by molar-refractivity contribution is 7.21. The molecule has 0 saturated carbocycles. The molecule has 3 heterocycles. The number of carbonyl (C=O) groups is 1. The lowest BCUT2D eigenvalue weighted by Gasteiger charge is -2.31. The monoisotopic (exact) mass is 275 g/mol. The first-order valence-corrected chi connectivity index (χ1v) is 7.27. The van der Waals surface area contributed by atoms with Gasteiger partial charge in [0.05, 0.1) is 10.4 Å². The number of anilines is 1. The van der Waals surface area contributed by atoms with Crippen molar-refractivity contribution in [1.82, 2.24) is 9.88 Å². The molecule has 0 radical (unpaired) electrons. The minimum absolute atomic E-state index is 0.0444. The van der Waals surface area contributed by atoms with Crippen molar-refractivity contribution in [1.29, 1.82) is 0 Å². The third-order valence-electron chi connectivity index (χ3n) is 3.82. The molecule has 19 heavy (non-hydrogen) atoms. The Kier molecular flexibility index (Phi) is 2.74. The first-order chi connectivity index (χ1) is 9.00. The zero-order valence-corrected chi connectivity index (χ0v) is 12.0. The van der Waals surface area contributed by atoms with Gasteiger partial charge in [0, 0.05) is 18.3 Å². The lowest BCUT2D eigenvalue weighted by molar-refractivity contribution is 0.0658. The molecule has 0 aromatic carbocycles. The van der Waals surface area contributed by atoms with Crippen molar-refractivity contribution in [2.45, 2.75) is 32.2 Å². The van der Waals surface area contributed by atoms with E-state index in [0.717, 1.165) is 29.6 Å². The summed E-state index contributed by atoms with van der Waals surface area (Å²) in [7, 11) is 0. The summed E-state index contributed by atoms with van der Waals surface area (Å²) in [6.45, 7) is 5.03. The first kappa shape index (κ1) is 12.4. The van der Waals surface area contributed by atoms with Gasteiger partial charge in [-0.05, 0) is 38.8 Å². The van der Waals surface area contributed by atoms with Crippen LogP contribution < -0.4 is 5.73 Å². The highest BCUT2D eigenvalue weighted by Gasteiger charge is 2.37. The summed E-state index contributed by atoms with van der Waals surface area (Å²) in [4.78, 5) is 19.5. The fourth-order valence-electron chi connectivity index (χ4n) is 2.71. The van der Waals surface area contributed by atoms with E-state index in [-0.39, 0.29) is 11.4 Å². The molecule has 1 aliphatic rings. The molecule has 1 saturated heterocycles. The minimum Gasteiger partial charge on any atom is -0.396 e. The van der Waals surface area contributed by atoms with Gasteiger partial charge in [-0.15, -0.1) is 11.3 Å². The Labute approximate surface area is 116 Å². The summed E-state index contributed by atoms with van der Waals surface area (Å²) >= 11 is 1.44. The van der Waals surface area contributed by atoms with Crippen LogP contribution >= 0.6 is 11.3 Å². The molecule has 0 spiro atoms.